The molecule has 0 fully saturated rings. The van der Waals surface area contributed by atoms with Crippen molar-refractivity contribution in [3.63, 3.8) is 0 Å². The lowest BCUT2D eigenvalue weighted by Gasteiger charge is -2.27. The van der Waals surface area contributed by atoms with E-state index >= 15 is 8.78 Å². The number of hydrogen-bond acceptors (Lipinski definition) is 4. The summed E-state index contributed by atoms with van der Waals surface area (Å²) in [5.41, 5.74) is 4.44. The van der Waals surface area contributed by atoms with Crippen LogP contribution in [0.15, 0.2) is 72.0 Å². The number of aromatic nitrogens is 1. The quantitative estimate of drug-likeness (QED) is 0.250. The smallest absolute Gasteiger partial charge is 0.507 e. The molecule has 1 aromatic heterocycles. The highest BCUT2D eigenvalue weighted by Gasteiger charge is 2.57. The van der Waals surface area contributed by atoms with Crippen LogP contribution in [0.25, 0.3) is 11.6 Å². The Hall–Kier alpha value is -4.79. The second-order valence-corrected chi connectivity index (χ2v) is 9.46. The van der Waals surface area contributed by atoms with Crippen LogP contribution < -0.4 is 0 Å². The molecule has 198 valence electrons. The van der Waals surface area contributed by atoms with Crippen molar-refractivity contribution in [3.05, 3.63) is 111 Å². The summed E-state index contributed by atoms with van der Waals surface area (Å²) in [6.45, 7) is 5.18. The summed E-state index contributed by atoms with van der Waals surface area (Å²) in [6.07, 6.45) is 1.26. The van der Waals surface area contributed by atoms with Crippen LogP contribution in [0, 0.1) is 13.8 Å². The molecule has 0 unspecified atom stereocenters. The Labute approximate surface area is 222 Å². The Kier molecular flexibility index (Phi) is 6.09. The summed E-state index contributed by atoms with van der Waals surface area (Å²) in [4.78, 5) is 23.2. The SMILES string of the molecule is COC(=O)c1ccc(C2=C3C(C)=CC(/C=C/c4ccc(C(=O)O)c(O)c4)=[N+]3C(F)(F)n3c(C)cc(C)c32)cc1. The van der Waals surface area contributed by atoms with Gasteiger partial charge in [-0.3, -0.25) is 0 Å². The second-order valence-electron chi connectivity index (χ2n) is 9.46. The lowest BCUT2D eigenvalue weighted by molar-refractivity contribution is -0.674. The summed E-state index contributed by atoms with van der Waals surface area (Å²) in [5.74, 6) is -2.18. The van der Waals surface area contributed by atoms with Gasteiger partial charge in [-0.15, -0.1) is 13.4 Å². The molecular weight excluding hydrogens is 506 g/mol. The molecule has 0 radical (unpaired) electrons. The van der Waals surface area contributed by atoms with E-state index < -0.39 is 23.9 Å². The van der Waals surface area contributed by atoms with Gasteiger partial charge in [0.25, 0.3) is 0 Å². The summed E-state index contributed by atoms with van der Waals surface area (Å²) in [5, 5.41) is 19.2. The molecule has 2 aliphatic heterocycles. The number of alkyl halides is 2. The van der Waals surface area contributed by atoms with Crippen molar-refractivity contribution in [2.45, 2.75) is 26.9 Å². The number of carbonyl (C=O) groups is 2. The molecule has 0 amide bonds. The van der Waals surface area contributed by atoms with Gasteiger partial charge >= 0.3 is 18.1 Å². The Balaban J connectivity index is 1.72. The molecule has 3 heterocycles. The van der Waals surface area contributed by atoms with Gasteiger partial charge in [-0.05, 0) is 73.9 Å². The number of halogens is 2. The van der Waals surface area contributed by atoms with E-state index in [2.05, 4.69) is 0 Å². The molecular formula is C30H25F2N2O5+. The first-order valence-electron chi connectivity index (χ1n) is 12.1. The first-order valence-corrected chi connectivity index (χ1v) is 12.1. The lowest BCUT2D eigenvalue weighted by Crippen LogP contribution is -2.43. The molecule has 7 nitrogen and oxygen atoms in total. The lowest BCUT2D eigenvalue weighted by atomic mass is 9.93. The first-order chi connectivity index (χ1) is 18.4. The van der Waals surface area contributed by atoms with Gasteiger partial charge in [0.05, 0.1) is 23.9 Å². The van der Waals surface area contributed by atoms with Crippen LogP contribution in [0.5, 0.6) is 5.75 Å². The number of rotatable bonds is 5. The van der Waals surface area contributed by atoms with Crippen LogP contribution in [-0.2, 0) is 10.9 Å². The average molecular weight is 532 g/mol. The van der Waals surface area contributed by atoms with Gasteiger partial charge in [-0.2, -0.15) is 0 Å². The molecule has 0 atom stereocenters. The minimum absolute atomic E-state index is 0.217. The molecule has 5 rings (SSSR count). The summed E-state index contributed by atoms with van der Waals surface area (Å²) < 4.78 is 39.4. The number of phenols is 1. The van der Waals surface area contributed by atoms with E-state index in [9.17, 15) is 14.7 Å². The molecule has 2 aromatic carbocycles. The Bertz CT molecular complexity index is 1690. The number of aryl methyl sites for hydroxylation is 2. The fraction of sp³-hybridized carbons (Fsp3) is 0.167. The number of carboxylic acid groups (broad SMARTS) is 1. The zero-order valence-electron chi connectivity index (χ0n) is 21.6. The third-order valence-electron chi connectivity index (χ3n) is 6.90. The Morgan fingerprint density at radius 1 is 1.03 bits per heavy atom. The molecule has 0 bridgehead atoms. The van der Waals surface area contributed by atoms with Gasteiger partial charge in [0.1, 0.15) is 11.3 Å². The second kappa shape index (κ2) is 9.20. The number of allylic oxidation sites excluding steroid dienone is 3. The number of aromatic hydroxyl groups is 1. The van der Waals surface area contributed by atoms with E-state index in [4.69, 9.17) is 9.84 Å². The van der Waals surface area contributed by atoms with E-state index in [0.717, 1.165) is 9.14 Å². The van der Waals surface area contributed by atoms with Gasteiger partial charge in [-0.25, -0.2) is 14.2 Å². The van der Waals surface area contributed by atoms with Crippen molar-refractivity contribution in [1.29, 1.82) is 0 Å². The van der Waals surface area contributed by atoms with Crippen LogP contribution in [0.3, 0.4) is 0 Å². The number of carbonyl (C=O) groups excluding carboxylic acids is 1. The zero-order chi connectivity index (χ0) is 28.2. The maximum absolute atomic E-state index is 16.3. The van der Waals surface area contributed by atoms with E-state index in [1.807, 2.05) is 0 Å². The van der Waals surface area contributed by atoms with Gasteiger partial charge in [0.15, 0.2) is 0 Å². The number of ether oxygens (including phenoxy) is 1. The largest absolute Gasteiger partial charge is 0.565 e. The zero-order valence-corrected chi connectivity index (χ0v) is 21.6. The average Bonchev–Trinajstić information content (AvgIpc) is 3.39. The first kappa shape index (κ1) is 25.8. The van der Waals surface area contributed by atoms with Crippen LogP contribution in [0.2, 0.25) is 0 Å². The van der Waals surface area contributed by atoms with Crippen LogP contribution in [-0.4, -0.2) is 44.1 Å². The number of aromatic carboxylic acids is 1. The van der Waals surface area contributed by atoms with Crippen molar-refractivity contribution in [1.82, 2.24) is 4.57 Å². The monoisotopic (exact) mass is 531 g/mol. The molecule has 3 aromatic rings. The number of hydrogen-bond donors (Lipinski definition) is 2. The normalized spacial score (nSPS) is 15.9. The fourth-order valence-corrected chi connectivity index (χ4v) is 5.23. The van der Waals surface area contributed by atoms with E-state index in [1.165, 1.54) is 37.5 Å². The molecule has 39 heavy (non-hydrogen) atoms. The van der Waals surface area contributed by atoms with Crippen LogP contribution in [0.4, 0.5) is 8.78 Å². The third kappa shape index (κ3) is 4.06. The standard InChI is InChI=1S/C30H24F2N2O5/c1-16-13-18(3)33-26(16)25(20-7-9-21(10-8-20)29(38)39-4)27-17(2)14-22(34(27)30(33,31)32)11-5-19-6-12-23(28(36)37)24(35)15-19/h5-15H,1-4H3,(H-,35,36,37)/p+1/b11-5+. The highest BCUT2D eigenvalue weighted by atomic mass is 19.3. The Morgan fingerprint density at radius 3 is 2.33 bits per heavy atom. The molecule has 2 aliphatic rings. The van der Waals surface area contributed by atoms with Gasteiger partial charge in [-0.1, -0.05) is 18.2 Å². The topological polar surface area (TPSA) is 91.8 Å². The number of fused-ring (bicyclic) bond motifs is 2. The molecule has 0 saturated carbocycles. The molecule has 2 N–H and O–H groups in total. The van der Waals surface area contributed by atoms with E-state index in [1.54, 1.807) is 57.2 Å². The van der Waals surface area contributed by atoms with Crippen molar-refractivity contribution >= 4 is 29.3 Å². The fourth-order valence-electron chi connectivity index (χ4n) is 5.23. The van der Waals surface area contributed by atoms with E-state index in [0.29, 0.717) is 50.5 Å². The predicted molar refractivity (Wildman–Crippen MR) is 141 cm³/mol. The van der Waals surface area contributed by atoms with Crippen molar-refractivity contribution in [2.75, 3.05) is 7.11 Å². The summed E-state index contributed by atoms with van der Waals surface area (Å²) >= 11 is 0. The minimum Gasteiger partial charge on any atom is -0.507 e. The van der Waals surface area contributed by atoms with Crippen LogP contribution >= 0.6 is 0 Å². The molecule has 0 saturated heterocycles. The van der Waals surface area contributed by atoms with Gasteiger partial charge in [0, 0.05) is 23.4 Å². The van der Waals surface area contributed by atoms with Crippen molar-refractivity contribution in [3.8, 4) is 5.75 Å². The maximum Gasteiger partial charge on any atom is 0.565 e. The van der Waals surface area contributed by atoms with Gasteiger partial charge in [0.2, 0.25) is 11.4 Å². The van der Waals surface area contributed by atoms with E-state index in [-0.39, 0.29) is 11.3 Å². The summed E-state index contributed by atoms with van der Waals surface area (Å²) in [7, 11) is 1.29. The number of methoxy groups -OCH3 is 1. The highest BCUT2D eigenvalue weighted by molar-refractivity contribution is 6.07. The molecule has 0 spiro atoms. The number of benzene rings is 2. The highest BCUT2D eigenvalue weighted by Crippen LogP contribution is 2.47. The predicted octanol–water partition coefficient (Wildman–Crippen LogP) is 5.70. The van der Waals surface area contributed by atoms with Crippen molar-refractivity contribution < 1.29 is 37.9 Å². The van der Waals surface area contributed by atoms with Gasteiger partial charge < -0.3 is 14.9 Å². The number of nitrogens with zero attached hydrogens (tertiary/aromatic N) is 2. The summed E-state index contributed by atoms with van der Waals surface area (Å²) in [6, 6.07) is 12.4. The van der Waals surface area contributed by atoms with Crippen LogP contribution in [0.1, 0.15) is 55.7 Å². The molecule has 0 aliphatic carbocycles. The van der Waals surface area contributed by atoms with Crippen molar-refractivity contribution in [2.24, 2.45) is 0 Å². The Morgan fingerprint density at radius 2 is 1.72 bits per heavy atom. The number of esters is 1. The molecule has 9 heteroatoms. The maximum atomic E-state index is 16.3. The number of carboxylic acids is 1. The third-order valence-corrected chi connectivity index (χ3v) is 6.90. The minimum atomic E-state index is -3.44.